The van der Waals surface area contributed by atoms with E-state index >= 15 is 0 Å². The third-order valence-electron chi connectivity index (χ3n) is 5.94. The molecular formula is C25H20N4O3S2. The van der Waals surface area contributed by atoms with Gasteiger partial charge in [0.15, 0.2) is 11.7 Å². The highest BCUT2D eigenvalue weighted by atomic mass is 32.1. The van der Waals surface area contributed by atoms with E-state index in [0.717, 1.165) is 36.8 Å². The van der Waals surface area contributed by atoms with E-state index in [0.29, 0.717) is 27.2 Å². The normalized spacial score (nSPS) is 13.7. The number of benzene rings is 1. The van der Waals surface area contributed by atoms with Crippen LogP contribution in [0.5, 0.6) is 0 Å². The number of carbonyl (C=O) groups is 2. The van der Waals surface area contributed by atoms with Gasteiger partial charge in [-0.15, -0.1) is 22.7 Å². The molecule has 34 heavy (non-hydrogen) atoms. The molecule has 5 rings (SSSR count). The second-order valence-electron chi connectivity index (χ2n) is 8.13. The maximum Gasteiger partial charge on any atom is 0.261 e. The van der Waals surface area contributed by atoms with Crippen molar-refractivity contribution in [1.82, 2.24) is 15.3 Å². The smallest absolute Gasteiger partial charge is 0.261 e. The minimum Gasteiger partial charge on any atom is -0.347 e. The summed E-state index contributed by atoms with van der Waals surface area (Å²) in [5.74, 6) is -1.71. The molecular weight excluding hydrogens is 468 g/mol. The number of amides is 1. The van der Waals surface area contributed by atoms with Crippen molar-refractivity contribution in [3.05, 3.63) is 84.4 Å². The van der Waals surface area contributed by atoms with Crippen molar-refractivity contribution < 1.29 is 9.59 Å². The minimum atomic E-state index is -1.21. The summed E-state index contributed by atoms with van der Waals surface area (Å²) in [7, 11) is 0. The highest BCUT2D eigenvalue weighted by Crippen LogP contribution is 2.34. The fraction of sp³-hybridized carbons (Fsp3) is 0.240. The largest absolute Gasteiger partial charge is 0.347 e. The Morgan fingerprint density at radius 3 is 2.71 bits per heavy atom. The Kier molecular flexibility index (Phi) is 6.09. The highest BCUT2D eigenvalue weighted by Gasteiger charge is 2.27. The number of aryl methyl sites for hydroxylation is 2. The molecule has 0 bridgehead atoms. The number of H-pyrrole nitrogens is 1. The molecule has 1 aromatic carbocycles. The first-order chi connectivity index (χ1) is 16.5. The quantitative estimate of drug-likeness (QED) is 0.392. The van der Waals surface area contributed by atoms with E-state index in [1.165, 1.54) is 27.6 Å². The van der Waals surface area contributed by atoms with Crippen molar-refractivity contribution in [2.45, 2.75) is 38.1 Å². The lowest BCUT2D eigenvalue weighted by Crippen LogP contribution is -2.22. The second kappa shape index (κ2) is 9.33. The zero-order valence-corrected chi connectivity index (χ0v) is 19.7. The van der Waals surface area contributed by atoms with Crippen LogP contribution >= 0.6 is 22.7 Å². The van der Waals surface area contributed by atoms with Gasteiger partial charge >= 0.3 is 0 Å². The van der Waals surface area contributed by atoms with Crippen molar-refractivity contribution in [2.75, 3.05) is 0 Å². The first-order valence-electron chi connectivity index (χ1n) is 10.9. The van der Waals surface area contributed by atoms with Crippen LogP contribution in [0.25, 0.3) is 10.2 Å². The molecule has 9 heteroatoms. The summed E-state index contributed by atoms with van der Waals surface area (Å²) in [6, 6.07) is 12.3. The SMILES string of the molecule is N#CC(C(=O)c1ccc(CNC(=O)c2cccs2)cc1)c1nc2sc3c(c2c(=O)[nH]1)CCCC3. The molecule has 0 spiro atoms. The van der Waals surface area contributed by atoms with Crippen LogP contribution < -0.4 is 10.9 Å². The van der Waals surface area contributed by atoms with Gasteiger partial charge in [-0.05, 0) is 48.3 Å². The maximum atomic E-state index is 13.1. The lowest BCUT2D eigenvalue weighted by molar-refractivity contribution is 0.0951. The highest BCUT2D eigenvalue weighted by molar-refractivity contribution is 7.18. The molecule has 170 valence electrons. The molecule has 0 aliphatic heterocycles. The molecule has 1 unspecified atom stereocenters. The van der Waals surface area contributed by atoms with Crippen LogP contribution in [0.15, 0.2) is 46.6 Å². The van der Waals surface area contributed by atoms with E-state index in [2.05, 4.69) is 15.3 Å². The van der Waals surface area contributed by atoms with Gasteiger partial charge in [-0.3, -0.25) is 14.4 Å². The summed E-state index contributed by atoms with van der Waals surface area (Å²) in [4.78, 5) is 47.6. The van der Waals surface area contributed by atoms with E-state index in [1.54, 1.807) is 30.3 Å². The summed E-state index contributed by atoms with van der Waals surface area (Å²) >= 11 is 2.85. The average molecular weight is 489 g/mol. The van der Waals surface area contributed by atoms with Crippen LogP contribution in [0.2, 0.25) is 0 Å². The van der Waals surface area contributed by atoms with E-state index in [-0.39, 0.29) is 17.3 Å². The standard InChI is InChI=1S/C25H20N4O3S2/c26-12-17(22-28-24(32)20-16-4-1-2-5-18(16)34-25(20)29-22)21(30)15-9-7-14(8-10-15)13-27-23(31)19-6-3-11-33-19/h3,6-11,17H,1-2,4-5,13H2,(H,27,31)(H,28,29,32). The number of nitrogens with zero attached hydrogens (tertiary/aromatic N) is 2. The number of rotatable bonds is 6. The molecule has 1 aliphatic carbocycles. The number of ketones is 1. The Balaban J connectivity index is 1.35. The third kappa shape index (κ3) is 4.18. The zero-order chi connectivity index (χ0) is 23.7. The molecule has 0 saturated carbocycles. The lowest BCUT2D eigenvalue weighted by Gasteiger charge is -2.10. The van der Waals surface area contributed by atoms with Crippen molar-refractivity contribution in [2.24, 2.45) is 0 Å². The van der Waals surface area contributed by atoms with Crippen molar-refractivity contribution >= 4 is 44.6 Å². The van der Waals surface area contributed by atoms with Crippen molar-refractivity contribution in [3.63, 3.8) is 0 Å². The molecule has 0 radical (unpaired) electrons. The first-order valence-corrected chi connectivity index (χ1v) is 12.6. The Morgan fingerprint density at radius 2 is 1.97 bits per heavy atom. The van der Waals surface area contributed by atoms with Gasteiger partial charge in [-0.25, -0.2) is 4.98 Å². The number of thiophene rings is 2. The number of hydrogen-bond donors (Lipinski definition) is 2. The van der Waals surface area contributed by atoms with Crippen LogP contribution in [-0.2, 0) is 19.4 Å². The van der Waals surface area contributed by atoms with Crippen LogP contribution in [-0.4, -0.2) is 21.7 Å². The third-order valence-corrected chi connectivity index (χ3v) is 8.00. The summed E-state index contributed by atoms with van der Waals surface area (Å²) in [5.41, 5.74) is 1.94. The first kappa shape index (κ1) is 22.2. The number of aromatic nitrogens is 2. The summed E-state index contributed by atoms with van der Waals surface area (Å²) in [5, 5.41) is 15.0. The van der Waals surface area contributed by atoms with Crippen molar-refractivity contribution in [1.29, 1.82) is 5.26 Å². The average Bonchev–Trinajstić information content (AvgIpc) is 3.51. The second-order valence-corrected chi connectivity index (χ2v) is 10.2. The topological polar surface area (TPSA) is 116 Å². The van der Waals surface area contributed by atoms with E-state index in [9.17, 15) is 19.6 Å². The number of aromatic amines is 1. The lowest BCUT2D eigenvalue weighted by atomic mass is 9.96. The molecule has 3 aromatic heterocycles. The molecule has 7 nitrogen and oxygen atoms in total. The number of carbonyl (C=O) groups excluding carboxylic acids is 2. The molecule has 4 aromatic rings. The molecule has 0 saturated heterocycles. The number of hydrogen-bond acceptors (Lipinski definition) is 7. The van der Waals surface area contributed by atoms with Crippen LogP contribution in [0.1, 0.15) is 60.6 Å². The van der Waals surface area contributed by atoms with Gasteiger partial charge in [0.25, 0.3) is 11.5 Å². The Labute approximate surface area is 203 Å². The van der Waals surface area contributed by atoms with Gasteiger partial charge < -0.3 is 10.3 Å². The number of nitriles is 1. The zero-order valence-electron chi connectivity index (χ0n) is 18.1. The fourth-order valence-corrected chi connectivity index (χ4v) is 6.10. The minimum absolute atomic E-state index is 0.0795. The maximum absolute atomic E-state index is 13.1. The monoisotopic (exact) mass is 488 g/mol. The molecule has 3 heterocycles. The molecule has 1 amide bonds. The number of Topliss-reactive ketones (excluding diaryl/α,β-unsaturated/α-hetero) is 1. The molecule has 2 N–H and O–H groups in total. The van der Waals surface area contributed by atoms with Crippen molar-refractivity contribution in [3.8, 4) is 6.07 Å². The molecule has 1 aliphatic rings. The van der Waals surface area contributed by atoms with Gasteiger partial charge in [-0.1, -0.05) is 30.3 Å². The Bertz CT molecular complexity index is 1480. The van der Waals surface area contributed by atoms with Crippen LogP contribution in [0.4, 0.5) is 0 Å². The number of fused-ring (bicyclic) bond motifs is 3. The van der Waals surface area contributed by atoms with E-state index < -0.39 is 11.7 Å². The molecule has 1 atom stereocenters. The van der Waals surface area contributed by atoms with Gasteiger partial charge in [-0.2, -0.15) is 5.26 Å². The molecule has 0 fully saturated rings. The predicted molar refractivity (Wildman–Crippen MR) is 131 cm³/mol. The Hall–Kier alpha value is -3.61. The van der Waals surface area contributed by atoms with Crippen LogP contribution in [0, 0.1) is 11.3 Å². The Morgan fingerprint density at radius 1 is 1.18 bits per heavy atom. The predicted octanol–water partition coefficient (Wildman–Crippen LogP) is 4.34. The van der Waals surface area contributed by atoms with E-state index in [4.69, 9.17) is 0 Å². The van der Waals surface area contributed by atoms with E-state index in [1.807, 2.05) is 17.5 Å². The van der Waals surface area contributed by atoms with Gasteiger partial charge in [0.05, 0.1) is 16.3 Å². The van der Waals surface area contributed by atoms with Gasteiger partial charge in [0, 0.05) is 17.0 Å². The van der Waals surface area contributed by atoms with Crippen LogP contribution in [0.3, 0.4) is 0 Å². The number of nitrogens with one attached hydrogen (secondary N) is 2. The van der Waals surface area contributed by atoms with Gasteiger partial charge in [0.1, 0.15) is 10.7 Å². The summed E-state index contributed by atoms with van der Waals surface area (Å²) < 4.78 is 0. The van der Waals surface area contributed by atoms with Gasteiger partial charge in [0.2, 0.25) is 0 Å². The summed E-state index contributed by atoms with van der Waals surface area (Å²) in [6.07, 6.45) is 3.94. The fourth-order valence-electron chi connectivity index (χ4n) is 4.19. The summed E-state index contributed by atoms with van der Waals surface area (Å²) in [6.45, 7) is 0.321.